The summed E-state index contributed by atoms with van der Waals surface area (Å²) in [4.78, 5) is 34.6. The monoisotopic (exact) mass is 527 g/mol. The average Bonchev–Trinajstić information content (AvgIpc) is 3.46. The second-order valence-corrected chi connectivity index (χ2v) is 9.18. The van der Waals surface area contributed by atoms with E-state index in [9.17, 15) is 9.59 Å². The summed E-state index contributed by atoms with van der Waals surface area (Å²) in [5.74, 6) is 1.32. The first-order valence-corrected chi connectivity index (χ1v) is 12.6. The molecule has 1 unspecified atom stereocenters. The van der Waals surface area contributed by atoms with Crippen LogP contribution in [-0.2, 0) is 6.54 Å². The summed E-state index contributed by atoms with van der Waals surface area (Å²) in [6, 6.07) is 24.2. The number of furan rings is 1. The van der Waals surface area contributed by atoms with Crippen LogP contribution in [0.5, 0.6) is 5.75 Å². The zero-order chi connectivity index (χ0) is 26.6. The fourth-order valence-corrected chi connectivity index (χ4v) is 4.74. The van der Waals surface area contributed by atoms with Crippen LogP contribution in [0.25, 0.3) is 16.6 Å². The molecule has 5 aromatic rings. The minimum absolute atomic E-state index is 0.182. The third-order valence-electron chi connectivity index (χ3n) is 6.45. The van der Waals surface area contributed by atoms with Crippen molar-refractivity contribution < 1.29 is 13.9 Å². The van der Waals surface area contributed by atoms with Crippen molar-refractivity contribution in [3.8, 4) is 11.4 Å². The fourth-order valence-electron chi connectivity index (χ4n) is 4.62. The van der Waals surface area contributed by atoms with Crippen LogP contribution in [0.1, 0.15) is 41.3 Å². The first-order chi connectivity index (χ1) is 18.5. The third kappa shape index (κ3) is 4.80. The van der Waals surface area contributed by atoms with Crippen LogP contribution in [0.3, 0.4) is 0 Å². The number of hydrogen-bond donors (Lipinski definition) is 0. The number of aromatic nitrogens is 2. The van der Waals surface area contributed by atoms with Crippen LogP contribution in [0.4, 0.5) is 0 Å². The Bertz CT molecular complexity index is 1630. The molecule has 38 heavy (non-hydrogen) atoms. The Labute approximate surface area is 224 Å². The van der Waals surface area contributed by atoms with Gasteiger partial charge in [0.15, 0.2) is 0 Å². The molecule has 1 amide bonds. The number of para-hydroxylation sites is 3. The maximum Gasteiger partial charge on any atom is 0.266 e. The van der Waals surface area contributed by atoms with Gasteiger partial charge >= 0.3 is 0 Å². The van der Waals surface area contributed by atoms with E-state index in [1.807, 2.05) is 43.3 Å². The Balaban J connectivity index is 1.75. The Morgan fingerprint density at radius 2 is 1.76 bits per heavy atom. The molecule has 0 saturated carbocycles. The van der Waals surface area contributed by atoms with Gasteiger partial charge in [0.1, 0.15) is 17.3 Å². The molecule has 0 fully saturated rings. The third-order valence-corrected chi connectivity index (χ3v) is 6.70. The Morgan fingerprint density at radius 3 is 2.47 bits per heavy atom. The van der Waals surface area contributed by atoms with Gasteiger partial charge in [-0.15, -0.1) is 0 Å². The molecule has 0 aliphatic carbocycles. The molecule has 0 aliphatic heterocycles. The lowest BCUT2D eigenvalue weighted by Crippen LogP contribution is -2.38. The lowest BCUT2D eigenvalue weighted by atomic mass is 10.1. The van der Waals surface area contributed by atoms with Crippen LogP contribution in [-0.4, -0.2) is 27.5 Å². The number of carbonyl (C=O) groups excluding carboxylic acids is 1. The topological polar surface area (TPSA) is 77.6 Å². The molecule has 0 spiro atoms. The highest BCUT2D eigenvalue weighted by Crippen LogP contribution is 2.31. The zero-order valence-corrected chi connectivity index (χ0v) is 21.8. The second-order valence-electron chi connectivity index (χ2n) is 8.74. The minimum atomic E-state index is -0.578. The number of amides is 1. The van der Waals surface area contributed by atoms with Gasteiger partial charge in [0.25, 0.3) is 11.5 Å². The fraction of sp³-hybridized carbons (Fsp3) is 0.167. The van der Waals surface area contributed by atoms with Gasteiger partial charge in [-0.3, -0.25) is 14.2 Å². The van der Waals surface area contributed by atoms with Gasteiger partial charge in [0.05, 0.1) is 42.5 Å². The lowest BCUT2D eigenvalue weighted by Gasteiger charge is -2.32. The maximum absolute atomic E-state index is 14.0. The molecule has 0 saturated heterocycles. The highest BCUT2D eigenvalue weighted by atomic mass is 35.5. The largest absolute Gasteiger partial charge is 0.495 e. The van der Waals surface area contributed by atoms with Crippen LogP contribution in [0.2, 0.25) is 5.02 Å². The summed E-state index contributed by atoms with van der Waals surface area (Å²) < 4.78 is 12.8. The van der Waals surface area contributed by atoms with E-state index < -0.39 is 6.04 Å². The summed E-state index contributed by atoms with van der Waals surface area (Å²) in [5.41, 5.74) is 1.31. The second kappa shape index (κ2) is 10.9. The number of fused-ring (bicyclic) bond motifs is 1. The smallest absolute Gasteiger partial charge is 0.266 e. The van der Waals surface area contributed by atoms with Crippen molar-refractivity contribution in [3.05, 3.63) is 124 Å². The highest BCUT2D eigenvalue weighted by molar-refractivity contribution is 6.30. The molecule has 0 aliphatic rings. The molecule has 192 valence electrons. The zero-order valence-electron chi connectivity index (χ0n) is 21.0. The molecule has 8 heteroatoms. The van der Waals surface area contributed by atoms with Crippen molar-refractivity contribution in [3.63, 3.8) is 0 Å². The van der Waals surface area contributed by atoms with Crippen LogP contribution in [0.15, 0.2) is 100 Å². The minimum Gasteiger partial charge on any atom is -0.495 e. The van der Waals surface area contributed by atoms with Gasteiger partial charge in [-0.25, -0.2) is 4.98 Å². The van der Waals surface area contributed by atoms with Crippen molar-refractivity contribution in [2.75, 3.05) is 7.11 Å². The van der Waals surface area contributed by atoms with Gasteiger partial charge in [-0.05, 0) is 67.1 Å². The van der Waals surface area contributed by atoms with Crippen LogP contribution in [0, 0.1) is 0 Å². The van der Waals surface area contributed by atoms with Gasteiger partial charge in [-0.2, -0.15) is 0 Å². The van der Waals surface area contributed by atoms with Crippen LogP contribution < -0.4 is 10.3 Å². The molecular formula is C30H26ClN3O4. The standard InChI is InChI=1S/C30H26ClN3O4/c1-3-25(33(19-22-9-8-18-38-22)29(35)20-14-16-21(31)17-15-20)28-32-24-11-5-4-10-23(24)30(36)34(28)26-12-6-7-13-27(26)37-2/h4-18,25H,3,19H2,1-2H3. The first kappa shape index (κ1) is 25.3. The summed E-state index contributed by atoms with van der Waals surface area (Å²) in [6.45, 7) is 2.14. The van der Waals surface area contributed by atoms with Crippen LogP contribution >= 0.6 is 11.6 Å². The van der Waals surface area contributed by atoms with E-state index in [0.29, 0.717) is 50.9 Å². The van der Waals surface area contributed by atoms with E-state index >= 15 is 0 Å². The lowest BCUT2D eigenvalue weighted by molar-refractivity contribution is 0.0624. The molecule has 0 N–H and O–H groups in total. The molecule has 1 atom stereocenters. The molecule has 5 rings (SSSR count). The summed E-state index contributed by atoms with van der Waals surface area (Å²) >= 11 is 6.09. The average molecular weight is 528 g/mol. The summed E-state index contributed by atoms with van der Waals surface area (Å²) in [7, 11) is 1.56. The van der Waals surface area contributed by atoms with E-state index in [0.717, 1.165) is 0 Å². The molecular weight excluding hydrogens is 502 g/mol. The van der Waals surface area contributed by atoms with Crippen molar-refractivity contribution in [1.29, 1.82) is 0 Å². The molecule has 7 nitrogen and oxygen atoms in total. The number of methoxy groups -OCH3 is 1. The number of halogens is 1. The number of nitrogens with zero attached hydrogens (tertiary/aromatic N) is 3. The molecule has 0 bridgehead atoms. The molecule has 3 aromatic carbocycles. The summed E-state index contributed by atoms with van der Waals surface area (Å²) in [5, 5.41) is 1.01. The van der Waals surface area contributed by atoms with E-state index in [2.05, 4.69) is 0 Å². The normalized spacial score (nSPS) is 11.9. The number of hydrogen-bond acceptors (Lipinski definition) is 5. The van der Waals surface area contributed by atoms with Crippen molar-refractivity contribution in [2.24, 2.45) is 0 Å². The Morgan fingerprint density at radius 1 is 1.03 bits per heavy atom. The predicted molar refractivity (Wildman–Crippen MR) is 147 cm³/mol. The van der Waals surface area contributed by atoms with Gasteiger partial charge < -0.3 is 14.1 Å². The van der Waals surface area contributed by atoms with Gasteiger partial charge in [-0.1, -0.05) is 42.8 Å². The van der Waals surface area contributed by atoms with Crippen molar-refractivity contribution in [2.45, 2.75) is 25.9 Å². The van der Waals surface area contributed by atoms with E-state index in [1.54, 1.807) is 71.4 Å². The number of rotatable bonds is 8. The number of benzene rings is 3. The first-order valence-electron chi connectivity index (χ1n) is 12.3. The SMILES string of the molecule is CCC(c1nc2ccccc2c(=O)n1-c1ccccc1OC)N(Cc1ccco1)C(=O)c1ccc(Cl)cc1. The van der Waals surface area contributed by atoms with Crippen molar-refractivity contribution >= 4 is 28.4 Å². The molecule has 0 radical (unpaired) electrons. The van der Waals surface area contributed by atoms with Gasteiger partial charge in [0.2, 0.25) is 0 Å². The van der Waals surface area contributed by atoms with E-state index in [-0.39, 0.29) is 18.0 Å². The van der Waals surface area contributed by atoms with E-state index in [4.69, 9.17) is 25.7 Å². The quantitative estimate of drug-likeness (QED) is 0.232. The Kier molecular flexibility index (Phi) is 7.29. The summed E-state index contributed by atoms with van der Waals surface area (Å²) in [6.07, 6.45) is 2.06. The van der Waals surface area contributed by atoms with Crippen molar-refractivity contribution in [1.82, 2.24) is 14.5 Å². The molecule has 2 heterocycles. The molecule has 2 aromatic heterocycles. The van der Waals surface area contributed by atoms with E-state index in [1.165, 1.54) is 0 Å². The highest BCUT2D eigenvalue weighted by Gasteiger charge is 2.31. The number of carbonyl (C=O) groups is 1. The maximum atomic E-state index is 14.0. The van der Waals surface area contributed by atoms with Gasteiger partial charge in [0, 0.05) is 10.6 Å². The number of ether oxygens (including phenoxy) is 1. The predicted octanol–water partition coefficient (Wildman–Crippen LogP) is 6.43. The Hall–Kier alpha value is -4.36.